The number of rotatable bonds is 2. The van der Waals surface area contributed by atoms with Gasteiger partial charge in [0.15, 0.2) is 0 Å². The molecule has 2 aromatic heterocycles. The van der Waals surface area contributed by atoms with E-state index >= 15 is 0 Å². The van der Waals surface area contributed by atoms with Gasteiger partial charge in [-0.3, -0.25) is 0 Å². The molecule has 6 heteroatoms. The molecule has 2 heterocycles. The maximum atomic E-state index is 13.2. The summed E-state index contributed by atoms with van der Waals surface area (Å²) in [6.07, 6.45) is -2.67. The Kier molecular flexibility index (Phi) is 2.93. The Hall–Kier alpha value is -2.37. The van der Waals surface area contributed by atoms with Crippen molar-refractivity contribution >= 4 is 11.1 Å². The van der Waals surface area contributed by atoms with E-state index in [0.717, 1.165) is 0 Å². The highest BCUT2D eigenvalue weighted by atomic mass is 19.3. The zero-order valence-corrected chi connectivity index (χ0v) is 10.4. The summed E-state index contributed by atoms with van der Waals surface area (Å²) in [6, 6.07) is 6.72. The van der Waals surface area contributed by atoms with Crippen LogP contribution >= 0.6 is 0 Å². The molecular weight excluding hydrogens is 269 g/mol. The highest BCUT2D eigenvalue weighted by molar-refractivity contribution is 5.83. The second-order valence-electron chi connectivity index (χ2n) is 4.35. The molecule has 0 N–H and O–H groups in total. The average Bonchev–Trinajstić information content (AvgIpc) is 2.80. The number of pyridine rings is 1. The molecule has 0 atom stereocenters. The Morgan fingerprint density at radius 1 is 1.15 bits per heavy atom. The van der Waals surface area contributed by atoms with Gasteiger partial charge in [0, 0.05) is 11.1 Å². The number of fused-ring (bicyclic) bond motifs is 1. The highest BCUT2D eigenvalue weighted by Gasteiger charge is 2.20. The van der Waals surface area contributed by atoms with Crippen molar-refractivity contribution in [2.45, 2.75) is 13.3 Å². The van der Waals surface area contributed by atoms with Crippen molar-refractivity contribution < 1.29 is 17.7 Å². The van der Waals surface area contributed by atoms with E-state index in [0.29, 0.717) is 17.0 Å². The van der Waals surface area contributed by atoms with E-state index in [9.17, 15) is 13.2 Å². The van der Waals surface area contributed by atoms with Crippen molar-refractivity contribution in [3.8, 4) is 11.3 Å². The van der Waals surface area contributed by atoms with Crippen LogP contribution in [0.5, 0.6) is 0 Å². The number of aryl methyl sites for hydroxylation is 1. The van der Waals surface area contributed by atoms with Crippen LogP contribution in [0.25, 0.3) is 22.4 Å². The quantitative estimate of drug-likeness (QED) is 0.702. The molecule has 0 bridgehead atoms. The fourth-order valence-electron chi connectivity index (χ4n) is 2.07. The molecule has 0 fully saturated rings. The van der Waals surface area contributed by atoms with Crippen LogP contribution in [-0.4, -0.2) is 10.1 Å². The second kappa shape index (κ2) is 4.63. The van der Waals surface area contributed by atoms with Crippen molar-refractivity contribution in [1.82, 2.24) is 10.1 Å². The molecule has 0 aliphatic heterocycles. The van der Waals surface area contributed by atoms with E-state index in [1.165, 1.54) is 30.3 Å². The Morgan fingerprint density at radius 2 is 1.85 bits per heavy atom. The normalized spacial score (nSPS) is 11.4. The lowest BCUT2D eigenvalue weighted by Crippen LogP contribution is -1.92. The summed E-state index contributed by atoms with van der Waals surface area (Å²) < 4.78 is 44.2. The molecule has 3 rings (SSSR count). The van der Waals surface area contributed by atoms with E-state index in [-0.39, 0.29) is 16.7 Å². The van der Waals surface area contributed by atoms with Gasteiger partial charge in [0.25, 0.3) is 12.1 Å². The topological polar surface area (TPSA) is 38.9 Å². The molecule has 3 aromatic rings. The number of hydrogen-bond acceptors (Lipinski definition) is 3. The van der Waals surface area contributed by atoms with Gasteiger partial charge in [0.2, 0.25) is 0 Å². The minimum absolute atomic E-state index is 0.0552. The molecule has 1 aromatic carbocycles. The van der Waals surface area contributed by atoms with Crippen molar-refractivity contribution in [3.63, 3.8) is 0 Å². The first-order valence-corrected chi connectivity index (χ1v) is 5.87. The zero-order valence-electron chi connectivity index (χ0n) is 10.4. The van der Waals surface area contributed by atoms with Crippen LogP contribution in [0.1, 0.15) is 17.7 Å². The largest absolute Gasteiger partial charge is 0.336 e. The molecular formula is C14H9F3N2O. The molecule has 0 aliphatic rings. The van der Waals surface area contributed by atoms with Crippen LogP contribution in [0.2, 0.25) is 0 Å². The lowest BCUT2D eigenvalue weighted by molar-refractivity contribution is 0.153. The van der Waals surface area contributed by atoms with E-state index in [4.69, 9.17) is 4.52 Å². The van der Waals surface area contributed by atoms with Gasteiger partial charge in [-0.2, -0.15) is 0 Å². The van der Waals surface area contributed by atoms with Crippen molar-refractivity contribution in [2.24, 2.45) is 0 Å². The third kappa shape index (κ3) is 2.03. The summed E-state index contributed by atoms with van der Waals surface area (Å²) in [5.74, 6) is -0.403. The summed E-state index contributed by atoms with van der Waals surface area (Å²) in [7, 11) is 0. The number of benzene rings is 1. The fourth-order valence-corrected chi connectivity index (χ4v) is 2.07. The Balaban J connectivity index is 2.25. The van der Waals surface area contributed by atoms with Crippen LogP contribution in [0.3, 0.4) is 0 Å². The number of halogens is 3. The SMILES string of the molecule is Cc1noc2nc(-c3ccc(F)cc3)cc(C(F)F)c12. The van der Waals surface area contributed by atoms with Gasteiger partial charge in [-0.25, -0.2) is 18.2 Å². The number of alkyl halides is 2. The molecule has 0 amide bonds. The highest BCUT2D eigenvalue weighted by Crippen LogP contribution is 2.32. The van der Waals surface area contributed by atoms with Crippen LogP contribution in [0.4, 0.5) is 13.2 Å². The molecule has 0 aliphatic carbocycles. The second-order valence-corrected chi connectivity index (χ2v) is 4.35. The summed E-state index contributed by atoms with van der Waals surface area (Å²) in [4.78, 5) is 4.15. The summed E-state index contributed by atoms with van der Waals surface area (Å²) in [5, 5.41) is 3.88. The van der Waals surface area contributed by atoms with Gasteiger partial charge in [-0.1, -0.05) is 5.16 Å². The summed E-state index contributed by atoms with van der Waals surface area (Å²) in [5.41, 5.74) is 1.06. The van der Waals surface area contributed by atoms with Gasteiger partial charge in [0.1, 0.15) is 5.82 Å². The smallest absolute Gasteiger partial charge is 0.264 e. The van der Waals surface area contributed by atoms with Gasteiger partial charge >= 0.3 is 0 Å². The van der Waals surface area contributed by atoms with E-state index < -0.39 is 12.2 Å². The fraction of sp³-hybridized carbons (Fsp3) is 0.143. The lowest BCUT2D eigenvalue weighted by Gasteiger charge is -2.05. The van der Waals surface area contributed by atoms with Crippen molar-refractivity contribution in [1.29, 1.82) is 0 Å². The van der Waals surface area contributed by atoms with Gasteiger partial charge in [-0.15, -0.1) is 0 Å². The summed E-state index contributed by atoms with van der Waals surface area (Å²) in [6.45, 7) is 1.58. The maximum Gasteiger partial charge on any atom is 0.264 e. The predicted molar refractivity (Wildman–Crippen MR) is 66.9 cm³/mol. The first kappa shape index (κ1) is 12.7. The molecule has 20 heavy (non-hydrogen) atoms. The number of nitrogens with zero attached hydrogens (tertiary/aromatic N) is 2. The molecule has 0 radical (unpaired) electrons. The van der Waals surface area contributed by atoms with E-state index in [1.54, 1.807) is 6.92 Å². The minimum atomic E-state index is -2.67. The molecule has 102 valence electrons. The van der Waals surface area contributed by atoms with Gasteiger partial charge in [-0.05, 0) is 37.3 Å². The third-order valence-corrected chi connectivity index (χ3v) is 3.02. The van der Waals surface area contributed by atoms with Crippen molar-refractivity contribution in [3.05, 3.63) is 47.4 Å². The Labute approximate surface area is 112 Å². The lowest BCUT2D eigenvalue weighted by atomic mass is 10.1. The first-order valence-electron chi connectivity index (χ1n) is 5.87. The van der Waals surface area contributed by atoms with Gasteiger partial charge in [0.05, 0.1) is 16.8 Å². The Morgan fingerprint density at radius 3 is 2.50 bits per heavy atom. The van der Waals surface area contributed by atoms with Gasteiger partial charge < -0.3 is 4.52 Å². The molecule has 0 spiro atoms. The number of hydrogen-bond donors (Lipinski definition) is 0. The average molecular weight is 278 g/mol. The molecule has 0 saturated heterocycles. The minimum Gasteiger partial charge on any atom is -0.336 e. The Bertz CT molecular complexity index is 766. The van der Waals surface area contributed by atoms with E-state index in [1.807, 2.05) is 0 Å². The first-order chi connectivity index (χ1) is 9.56. The zero-order chi connectivity index (χ0) is 14.3. The van der Waals surface area contributed by atoms with Crippen molar-refractivity contribution in [2.75, 3.05) is 0 Å². The monoisotopic (exact) mass is 278 g/mol. The molecule has 0 unspecified atom stereocenters. The van der Waals surface area contributed by atoms with Crippen LogP contribution in [0.15, 0.2) is 34.9 Å². The predicted octanol–water partition coefficient (Wildman–Crippen LogP) is 4.27. The molecule has 0 saturated carbocycles. The summed E-state index contributed by atoms with van der Waals surface area (Å²) >= 11 is 0. The molecule has 3 nitrogen and oxygen atoms in total. The third-order valence-electron chi connectivity index (χ3n) is 3.02. The standard InChI is InChI=1S/C14H9F3N2O/c1-7-12-10(13(16)17)6-11(18-14(12)20-19-7)8-2-4-9(15)5-3-8/h2-6,13H,1H3. The van der Waals surface area contributed by atoms with Crippen LogP contribution in [0, 0.1) is 12.7 Å². The van der Waals surface area contributed by atoms with Crippen LogP contribution < -0.4 is 0 Å². The van der Waals surface area contributed by atoms with Crippen LogP contribution in [-0.2, 0) is 0 Å². The van der Waals surface area contributed by atoms with E-state index in [2.05, 4.69) is 10.1 Å². The number of aromatic nitrogens is 2. The maximum absolute atomic E-state index is 13.2.